The molecule has 0 bridgehead atoms. The van der Waals surface area contributed by atoms with Crippen LogP contribution in [0.2, 0.25) is 0 Å². The van der Waals surface area contributed by atoms with E-state index in [2.05, 4.69) is 31.0 Å². The van der Waals surface area contributed by atoms with Gasteiger partial charge in [-0.1, -0.05) is 45.0 Å². The lowest BCUT2D eigenvalue weighted by Crippen LogP contribution is -2.36. The second-order valence-electron chi connectivity index (χ2n) is 5.28. The normalized spacial score (nSPS) is 14.9. The molecule has 0 aliphatic rings. The van der Waals surface area contributed by atoms with Crippen LogP contribution < -0.4 is 0 Å². The first-order chi connectivity index (χ1) is 8.55. The Hall–Kier alpha value is -1.41. The van der Waals surface area contributed by atoms with E-state index >= 15 is 0 Å². The number of benzene rings is 1. The molecule has 0 saturated heterocycles. The summed E-state index contributed by atoms with van der Waals surface area (Å²) in [4.78, 5) is 4.63. The molecule has 1 unspecified atom stereocenters. The predicted octanol–water partition coefficient (Wildman–Crippen LogP) is 3.57. The van der Waals surface area contributed by atoms with Gasteiger partial charge in [0.15, 0.2) is 0 Å². The molecule has 1 aromatic carbocycles. The van der Waals surface area contributed by atoms with Crippen LogP contribution in [0.1, 0.15) is 32.9 Å². The fraction of sp³-hybridized carbons (Fsp3) is 0.438. The minimum absolute atomic E-state index is 0.232. The number of fused-ring (bicyclic) bond motifs is 1. The van der Waals surface area contributed by atoms with Gasteiger partial charge in [0.05, 0.1) is 11.1 Å². The van der Waals surface area contributed by atoms with Crippen molar-refractivity contribution in [3.63, 3.8) is 0 Å². The van der Waals surface area contributed by atoms with Crippen molar-refractivity contribution >= 4 is 10.9 Å². The predicted molar refractivity (Wildman–Crippen MR) is 75.5 cm³/mol. The van der Waals surface area contributed by atoms with Gasteiger partial charge in [-0.2, -0.15) is 0 Å². The minimum Gasteiger partial charge on any atom is -0.389 e. The molecule has 0 aliphatic carbocycles. The molecule has 1 aromatic heterocycles. The zero-order valence-corrected chi connectivity index (χ0v) is 11.4. The smallest absolute Gasteiger partial charge is 0.0723 e. The van der Waals surface area contributed by atoms with Gasteiger partial charge in [-0.3, -0.25) is 4.98 Å². The summed E-state index contributed by atoms with van der Waals surface area (Å²) in [7, 11) is 0. The van der Waals surface area contributed by atoms with Crippen LogP contribution in [-0.2, 0) is 6.42 Å². The molecule has 0 saturated carbocycles. The lowest BCUT2D eigenvalue weighted by atomic mass is 9.83. The third kappa shape index (κ3) is 2.54. The van der Waals surface area contributed by atoms with Crippen LogP contribution in [0.5, 0.6) is 0 Å². The molecule has 0 radical (unpaired) electrons. The first-order valence-corrected chi connectivity index (χ1v) is 6.62. The van der Waals surface area contributed by atoms with E-state index in [-0.39, 0.29) is 5.92 Å². The largest absolute Gasteiger partial charge is 0.389 e. The lowest BCUT2D eigenvalue weighted by molar-refractivity contribution is -0.00904. The zero-order chi connectivity index (χ0) is 13.2. The fourth-order valence-corrected chi connectivity index (χ4v) is 2.26. The molecule has 2 nitrogen and oxygen atoms in total. The highest BCUT2D eigenvalue weighted by Gasteiger charge is 2.29. The van der Waals surface area contributed by atoms with Gasteiger partial charge in [-0.05, 0) is 24.5 Å². The van der Waals surface area contributed by atoms with Crippen LogP contribution in [0, 0.1) is 5.92 Å². The second kappa shape index (κ2) is 5.07. The van der Waals surface area contributed by atoms with Crippen LogP contribution in [0.3, 0.4) is 0 Å². The minimum atomic E-state index is -0.657. The monoisotopic (exact) mass is 243 g/mol. The highest BCUT2D eigenvalue weighted by Crippen LogP contribution is 2.25. The van der Waals surface area contributed by atoms with Gasteiger partial charge in [0.25, 0.3) is 0 Å². The van der Waals surface area contributed by atoms with Crippen LogP contribution in [0.25, 0.3) is 10.9 Å². The van der Waals surface area contributed by atoms with Gasteiger partial charge < -0.3 is 5.11 Å². The van der Waals surface area contributed by atoms with Crippen molar-refractivity contribution in [3.8, 4) is 0 Å². The summed E-state index contributed by atoms with van der Waals surface area (Å²) in [5, 5.41) is 11.7. The molecule has 1 N–H and O–H groups in total. The summed E-state index contributed by atoms with van der Waals surface area (Å²) >= 11 is 0. The SMILES string of the molecule is CCC(O)(Cc1ccc2ccccc2n1)C(C)C. The van der Waals surface area contributed by atoms with Gasteiger partial charge >= 0.3 is 0 Å². The Labute approximate surface area is 109 Å². The summed E-state index contributed by atoms with van der Waals surface area (Å²) in [6.07, 6.45) is 1.37. The average molecular weight is 243 g/mol. The van der Waals surface area contributed by atoms with E-state index in [1.807, 2.05) is 31.2 Å². The van der Waals surface area contributed by atoms with Crippen molar-refractivity contribution in [1.29, 1.82) is 0 Å². The summed E-state index contributed by atoms with van der Waals surface area (Å²) < 4.78 is 0. The number of rotatable bonds is 4. The van der Waals surface area contributed by atoms with Crippen molar-refractivity contribution in [2.75, 3.05) is 0 Å². The molecule has 96 valence electrons. The summed E-state index contributed by atoms with van der Waals surface area (Å²) in [5.74, 6) is 0.232. The average Bonchev–Trinajstić information content (AvgIpc) is 2.38. The van der Waals surface area contributed by atoms with E-state index in [1.54, 1.807) is 0 Å². The molecule has 1 heterocycles. The van der Waals surface area contributed by atoms with E-state index in [9.17, 15) is 5.11 Å². The maximum Gasteiger partial charge on any atom is 0.0723 e. The molecular weight excluding hydrogens is 222 g/mol. The van der Waals surface area contributed by atoms with Gasteiger partial charge in [-0.25, -0.2) is 0 Å². The number of nitrogens with zero attached hydrogens (tertiary/aromatic N) is 1. The van der Waals surface area contributed by atoms with Crippen molar-refractivity contribution in [2.45, 2.75) is 39.2 Å². The second-order valence-corrected chi connectivity index (χ2v) is 5.28. The van der Waals surface area contributed by atoms with Gasteiger partial charge in [-0.15, -0.1) is 0 Å². The Morgan fingerprint density at radius 3 is 2.56 bits per heavy atom. The Morgan fingerprint density at radius 1 is 1.17 bits per heavy atom. The molecule has 18 heavy (non-hydrogen) atoms. The van der Waals surface area contributed by atoms with Crippen molar-refractivity contribution in [2.24, 2.45) is 5.92 Å². The molecule has 2 rings (SSSR count). The first kappa shape index (κ1) is 13.0. The van der Waals surface area contributed by atoms with Crippen LogP contribution >= 0.6 is 0 Å². The van der Waals surface area contributed by atoms with Crippen molar-refractivity contribution < 1.29 is 5.11 Å². The van der Waals surface area contributed by atoms with E-state index in [4.69, 9.17) is 0 Å². The topological polar surface area (TPSA) is 33.1 Å². The molecule has 1 atom stereocenters. The van der Waals surface area contributed by atoms with E-state index < -0.39 is 5.60 Å². The Bertz CT molecular complexity index is 535. The molecule has 2 aromatic rings. The number of aliphatic hydroxyl groups is 1. The first-order valence-electron chi connectivity index (χ1n) is 6.62. The molecule has 2 heteroatoms. The van der Waals surface area contributed by atoms with E-state index in [0.29, 0.717) is 6.42 Å². The van der Waals surface area contributed by atoms with Crippen molar-refractivity contribution in [3.05, 3.63) is 42.1 Å². The fourth-order valence-electron chi connectivity index (χ4n) is 2.26. The Morgan fingerprint density at radius 2 is 1.89 bits per heavy atom. The molecule has 0 aliphatic heterocycles. The standard InChI is InChI=1S/C16H21NO/c1-4-16(18,12(2)3)11-14-10-9-13-7-5-6-8-15(13)17-14/h5-10,12,18H,4,11H2,1-3H3. The highest BCUT2D eigenvalue weighted by atomic mass is 16.3. The molecule has 0 fully saturated rings. The van der Waals surface area contributed by atoms with Crippen LogP contribution in [0.15, 0.2) is 36.4 Å². The maximum absolute atomic E-state index is 10.6. The molecule has 0 spiro atoms. The van der Waals surface area contributed by atoms with Crippen molar-refractivity contribution in [1.82, 2.24) is 4.98 Å². The van der Waals surface area contributed by atoms with Gasteiger partial charge in [0.1, 0.15) is 0 Å². The summed E-state index contributed by atoms with van der Waals surface area (Å²) in [6, 6.07) is 12.2. The van der Waals surface area contributed by atoms with Gasteiger partial charge in [0, 0.05) is 17.5 Å². The quantitative estimate of drug-likeness (QED) is 0.890. The number of hydrogen-bond donors (Lipinski definition) is 1. The zero-order valence-electron chi connectivity index (χ0n) is 11.4. The number of pyridine rings is 1. The van der Waals surface area contributed by atoms with Crippen LogP contribution in [0.4, 0.5) is 0 Å². The third-order valence-corrected chi connectivity index (χ3v) is 3.83. The third-order valence-electron chi connectivity index (χ3n) is 3.83. The Balaban J connectivity index is 2.31. The Kier molecular flexibility index (Phi) is 3.67. The maximum atomic E-state index is 10.6. The summed E-state index contributed by atoms with van der Waals surface area (Å²) in [6.45, 7) is 6.15. The highest BCUT2D eigenvalue weighted by molar-refractivity contribution is 5.78. The number of hydrogen-bond acceptors (Lipinski definition) is 2. The molecular formula is C16H21NO. The van der Waals surface area contributed by atoms with Gasteiger partial charge in [0.2, 0.25) is 0 Å². The van der Waals surface area contributed by atoms with E-state index in [0.717, 1.165) is 23.0 Å². The molecule has 0 amide bonds. The van der Waals surface area contributed by atoms with Crippen LogP contribution in [-0.4, -0.2) is 15.7 Å². The number of para-hydroxylation sites is 1. The van der Waals surface area contributed by atoms with E-state index in [1.165, 1.54) is 0 Å². The summed E-state index contributed by atoms with van der Waals surface area (Å²) in [5.41, 5.74) is 1.30. The number of aromatic nitrogens is 1. The lowest BCUT2D eigenvalue weighted by Gasteiger charge is -2.30.